The molecular weight excluding hydrogens is 388 g/mol. The first-order valence-corrected chi connectivity index (χ1v) is 8.38. The van der Waals surface area contributed by atoms with Crippen LogP contribution in [-0.4, -0.2) is 19.9 Å². The van der Waals surface area contributed by atoms with Gasteiger partial charge in [-0.25, -0.2) is 4.98 Å². The molecule has 0 bridgehead atoms. The molecule has 0 aliphatic carbocycles. The van der Waals surface area contributed by atoms with Crippen LogP contribution >= 0.6 is 15.9 Å². The van der Waals surface area contributed by atoms with Gasteiger partial charge in [0.05, 0.1) is 12.0 Å². The number of halogens is 1. The molecule has 25 heavy (non-hydrogen) atoms. The lowest BCUT2D eigenvalue weighted by molar-refractivity contribution is 0.531. The van der Waals surface area contributed by atoms with E-state index in [1.165, 1.54) is 6.08 Å². The molecule has 0 aliphatic heterocycles. The predicted molar refractivity (Wildman–Crippen MR) is 97.8 cm³/mol. The van der Waals surface area contributed by atoms with Gasteiger partial charge in [-0.15, -0.1) is 0 Å². The fourth-order valence-corrected chi connectivity index (χ4v) is 2.72. The molecule has 0 amide bonds. The van der Waals surface area contributed by atoms with E-state index in [1.54, 1.807) is 24.5 Å². The number of aromatic nitrogens is 4. The van der Waals surface area contributed by atoms with E-state index in [4.69, 9.17) is 4.42 Å². The summed E-state index contributed by atoms with van der Waals surface area (Å²) in [6, 6.07) is 3.38. The minimum Gasteiger partial charge on any atom is -0.450 e. The van der Waals surface area contributed by atoms with Crippen molar-refractivity contribution in [3.05, 3.63) is 71.7 Å². The van der Waals surface area contributed by atoms with Gasteiger partial charge < -0.3 is 19.4 Å². The molecule has 3 N–H and O–H groups in total. The summed E-state index contributed by atoms with van der Waals surface area (Å²) >= 11 is 3.19. The first-order valence-electron chi connectivity index (χ1n) is 7.59. The normalized spacial score (nSPS) is 13.6. The van der Waals surface area contributed by atoms with Crippen molar-refractivity contribution in [3.8, 4) is 0 Å². The molecule has 0 unspecified atom stereocenters. The van der Waals surface area contributed by atoms with Gasteiger partial charge in [-0.1, -0.05) is 20.8 Å². The van der Waals surface area contributed by atoms with Gasteiger partial charge in [-0.05, 0) is 34.1 Å². The number of aromatic amines is 3. The van der Waals surface area contributed by atoms with E-state index in [0.29, 0.717) is 16.1 Å². The zero-order valence-corrected chi connectivity index (χ0v) is 15.5. The van der Waals surface area contributed by atoms with Gasteiger partial charge in [-0.3, -0.25) is 9.59 Å². The van der Waals surface area contributed by atoms with E-state index < -0.39 is 11.1 Å². The van der Waals surface area contributed by atoms with Crippen molar-refractivity contribution >= 4 is 28.1 Å². The Morgan fingerprint density at radius 3 is 2.28 bits per heavy atom. The summed E-state index contributed by atoms with van der Waals surface area (Å²) in [5.41, 5.74) is 0.477. The van der Waals surface area contributed by atoms with E-state index in [2.05, 4.69) is 35.9 Å². The Hall–Kier alpha value is -2.61. The molecule has 0 fully saturated rings. The number of hydrogen-bond acceptors (Lipinski definition) is 4. The van der Waals surface area contributed by atoms with Crippen molar-refractivity contribution < 1.29 is 4.42 Å². The summed E-state index contributed by atoms with van der Waals surface area (Å²) < 4.78 is 5.85. The minimum atomic E-state index is -0.425. The first kappa shape index (κ1) is 17.2. The third kappa shape index (κ3) is 3.74. The van der Waals surface area contributed by atoms with E-state index in [1.807, 2.05) is 20.8 Å². The summed E-state index contributed by atoms with van der Waals surface area (Å²) in [6.45, 7) is 6.10. The fourth-order valence-electron chi connectivity index (χ4n) is 2.40. The topological polar surface area (TPSA) is 108 Å². The molecular formula is C17H17BrN4O3. The number of hydrogen-bond donors (Lipinski definition) is 3. The van der Waals surface area contributed by atoms with Crippen molar-refractivity contribution in [2.45, 2.75) is 26.2 Å². The SMILES string of the molecule is CC(C)(C)c1[nH]cnc1/C=c1\[nH]c(=O)/c(=C/c2ccc(Br)o2)[nH]c1=O. The van der Waals surface area contributed by atoms with Crippen LogP contribution in [0.5, 0.6) is 0 Å². The summed E-state index contributed by atoms with van der Waals surface area (Å²) in [5.74, 6) is 0.451. The molecule has 3 rings (SSSR count). The van der Waals surface area contributed by atoms with Gasteiger partial charge >= 0.3 is 0 Å². The number of nitrogens with zero attached hydrogens (tertiary/aromatic N) is 1. The molecule has 0 spiro atoms. The van der Waals surface area contributed by atoms with Crippen LogP contribution in [0.4, 0.5) is 0 Å². The quantitative estimate of drug-likeness (QED) is 0.594. The molecule has 130 valence electrons. The lowest BCUT2D eigenvalue weighted by atomic mass is 9.90. The van der Waals surface area contributed by atoms with E-state index in [-0.39, 0.29) is 16.1 Å². The average molecular weight is 405 g/mol. The zero-order valence-electron chi connectivity index (χ0n) is 13.9. The Bertz CT molecular complexity index is 1140. The standard InChI is InChI=1S/C17H17BrN4O3/c1-17(2,3)14-10(19-8-20-14)7-12-16(24)21-11(15(23)22-12)6-9-4-5-13(18)25-9/h4-8H,1-3H3,(H,19,20)(H,21,24)(H,22,23)/b11-6-,12-7-. The van der Waals surface area contributed by atoms with E-state index >= 15 is 0 Å². The molecule has 0 aromatic carbocycles. The molecule has 8 heteroatoms. The highest BCUT2D eigenvalue weighted by Gasteiger charge is 2.19. The van der Waals surface area contributed by atoms with Crippen LogP contribution in [0.2, 0.25) is 0 Å². The molecule has 0 radical (unpaired) electrons. The van der Waals surface area contributed by atoms with Crippen LogP contribution in [-0.2, 0) is 5.41 Å². The lowest BCUT2D eigenvalue weighted by Gasteiger charge is -2.16. The molecule has 0 saturated carbocycles. The lowest BCUT2D eigenvalue weighted by Crippen LogP contribution is -2.46. The van der Waals surface area contributed by atoms with Crippen molar-refractivity contribution in [1.29, 1.82) is 0 Å². The number of H-pyrrole nitrogens is 3. The second-order valence-corrected chi connectivity index (χ2v) is 7.36. The predicted octanol–water partition coefficient (Wildman–Crippen LogP) is 1.10. The van der Waals surface area contributed by atoms with Gasteiger partial charge in [-0.2, -0.15) is 0 Å². The Morgan fingerprint density at radius 1 is 1.08 bits per heavy atom. The Morgan fingerprint density at radius 2 is 1.72 bits per heavy atom. The Labute approximate surface area is 150 Å². The maximum Gasteiger partial charge on any atom is 0.272 e. The maximum absolute atomic E-state index is 12.3. The van der Waals surface area contributed by atoms with Crippen LogP contribution in [0, 0.1) is 0 Å². The highest BCUT2D eigenvalue weighted by atomic mass is 79.9. The largest absolute Gasteiger partial charge is 0.450 e. The third-order valence-electron chi connectivity index (χ3n) is 3.57. The fraction of sp³-hybridized carbons (Fsp3) is 0.235. The summed E-state index contributed by atoms with van der Waals surface area (Å²) in [6.07, 6.45) is 4.59. The van der Waals surface area contributed by atoms with Crippen molar-refractivity contribution in [3.63, 3.8) is 0 Å². The van der Waals surface area contributed by atoms with Crippen molar-refractivity contribution in [2.24, 2.45) is 0 Å². The van der Waals surface area contributed by atoms with Crippen LogP contribution in [0.3, 0.4) is 0 Å². The van der Waals surface area contributed by atoms with E-state index in [0.717, 1.165) is 5.69 Å². The monoisotopic (exact) mass is 404 g/mol. The second kappa shape index (κ2) is 6.36. The maximum atomic E-state index is 12.3. The zero-order chi connectivity index (χ0) is 18.2. The Kier molecular flexibility index (Phi) is 4.38. The highest BCUT2D eigenvalue weighted by molar-refractivity contribution is 9.10. The van der Waals surface area contributed by atoms with Crippen LogP contribution in [0.1, 0.15) is 37.9 Å². The molecule has 3 aromatic rings. The number of imidazole rings is 1. The van der Waals surface area contributed by atoms with Crippen molar-refractivity contribution in [2.75, 3.05) is 0 Å². The molecule has 0 aliphatic rings. The van der Waals surface area contributed by atoms with Crippen LogP contribution in [0.25, 0.3) is 12.2 Å². The number of furan rings is 1. The van der Waals surface area contributed by atoms with Gasteiger partial charge in [0.2, 0.25) is 0 Å². The smallest absolute Gasteiger partial charge is 0.272 e. The molecule has 0 saturated heterocycles. The van der Waals surface area contributed by atoms with Crippen LogP contribution < -0.4 is 21.8 Å². The molecule has 0 atom stereocenters. The van der Waals surface area contributed by atoms with Gasteiger partial charge in [0.15, 0.2) is 4.67 Å². The van der Waals surface area contributed by atoms with Gasteiger partial charge in [0, 0.05) is 17.2 Å². The number of rotatable bonds is 2. The van der Waals surface area contributed by atoms with Crippen LogP contribution in [0.15, 0.2) is 37.1 Å². The summed E-state index contributed by atoms with van der Waals surface area (Å²) in [5, 5.41) is 0.252. The number of nitrogens with one attached hydrogen (secondary N) is 3. The van der Waals surface area contributed by atoms with Crippen molar-refractivity contribution in [1.82, 2.24) is 19.9 Å². The van der Waals surface area contributed by atoms with Gasteiger partial charge in [0.1, 0.15) is 16.5 Å². The highest BCUT2D eigenvalue weighted by Crippen LogP contribution is 2.22. The Balaban J connectivity index is 2.14. The average Bonchev–Trinajstić information content (AvgIpc) is 3.13. The van der Waals surface area contributed by atoms with Gasteiger partial charge in [0.25, 0.3) is 11.1 Å². The first-order chi connectivity index (χ1) is 11.7. The molecule has 7 nitrogen and oxygen atoms in total. The second-order valence-electron chi connectivity index (χ2n) is 6.58. The minimum absolute atomic E-state index is 0.113. The summed E-state index contributed by atoms with van der Waals surface area (Å²) in [4.78, 5) is 37.0. The molecule has 3 heterocycles. The summed E-state index contributed by atoms with van der Waals surface area (Å²) in [7, 11) is 0. The molecule has 3 aromatic heterocycles. The van der Waals surface area contributed by atoms with E-state index in [9.17, 15) is 9.59 Å². The third-order valence-corrected chi connectivity index (χ3v) is 3.99.